The van der Waals surface area contributed by atoms with E-state index < -0.39 is 0 Å². The molecule has 0 saturated carbocycles. The van der Waals surface area contributed by atoms with Crippen molar-refractivity contribution in [1.82, 2.24) is 10.2 Å². The van der Waals surface area contributed by atoms with E-state index in [9.17, 15) is 4.79 Å². The first-order chi connectivity index (χ1) is 9.83. The summed E-state index contributed by atoms with van der Waals surface area (Å²) in [4.78, 5) is 12.1. The Morgan fingerprint density at radius 3 is 2.60 bits per heavy atom. The number of carbonyl (C=O) groups excluding carboxylic acids is 1. The highest BCUT2D eigenvalue weighted by molar-refractivity contribution is 6.04. The number of aromatic amines is 1. The van der Waals surface area contributed by atoms with E-state index in [-0.39, 0.29) is 5.91 Å². The molecule has 2 aromatic carbocycles. The molecule has 0 unspecified atom stereocenters. The van der Waals surface area contributed by atoms with Gasteiger partial charge in [0.05, 0.1) is 5.69 Å². The lowest BCUT2D eigenvalue weighted by Crippen LogP contribution is -2.11. The minimum Gasteiger partial charge on any atom is -0.322 e. The summed E-state index contributed by atoms with van der Waals surface area (Å²) in [5.74, 6) is -0.118. The van der Waals surface area contributed by atoms with Crippen molar-refractivity contribution in [3.63, 3.8) is 0 Å². The SMILES string of the molecule is O=C(Nc1cccc(-c2ccn[nH]2)c1)c1ccccc1. The molecule has 0 radical (unpaired) electrons. The Kier molecular flexibility index (Phi) is 3.29. The first-order valence-corrected chi connectivity index (χ1v) is 6.29. The lowest BCUT2D eigenvalue weighted by molar-refractivity contribution is 0.102. The maximum Gasteiger partial charge on any atom is 0.255 e. The molecule has 3 aromatic rings. The second kappa shape index (κ2) is 5.40. The minimum absolute atomic E-state index is 0.118. The third-order valence-corrected chi connectivity index (χ3v) is 2.97. The van der Waals surface area contributed by atoms with Crippen molar-refractivity contribution >= 4 is 11.6 Å². The van der Waals surface area contributed by atoms with Crippen molar-refractivity contribution in [3.05, 3.63) is 72.4 Å². The fourth-order valence-electron chi connectivity index (χ4n) is 1.97. The molecule has 1 heterocycles. The van der Waals surface area contributed by atoms with Gasteiger partial charge in [-0.3, -0.25) is 9.89 Å². The first-order valence-electron chi connectivity index (χ1n) is 6.29. The molecule has 0 aliphatic carbocycles. The number of aromatic nitrogens is 2. The zero-order valence-electron chi connectivity index (χ0n) is 10.7. The van der Waals surface area contributed by atoms with Crippen molar-refractivity contribution in [2.75, 3.05) is 5.32 Å². The second-order valence-electron chi connectivity index (χ2n) is 4.37. The molecule has 4 heteroatoms. The van der Waals surface area contributed by atoms with E-state index in [1.54, 1.807) is 18.3 Å². The summed E-state index contributed by atoms with van der Waals surface area (Å²) >= 11 is 0. The van der Waals surface area contributed by atoms with Gasteiger partial charge in [-0.1, -0.05) is 30.3 Å². The molecule has 0 fully saturated rings. The highest BCUT2D eigenvalue weighted by Crippen LogP contribution is 2.20. The Morgan fingerprint density at radius 2 is 1.85 bits per heavy atom. The number of hydrogen-bond acceptors (Lipinski definition) is 2. The van der Waals surface area contributed by atoms with Crippen LogP contribution >= 0.6 is 0 Å². The molecule has 0 spiro atoms. The smallest absolute Gasteiger partial charge is 0.255 e. The zero-order valence-corrected chi connectivity index (χ0v) is 10.7. The predicted octanol–water partition coefficient (Wildman–Crippen LogP) is 3.33. The van der Waals surface area contributed by atoms with Gasteiger partial charge >= 0.3 is 0 Å². The Bertz CT molecular complexity index is 706. The maximum absolute atomic E-state index is 12.1. The number of H-pyrrole nitrogens is 1. The van der Waals surface area contributed by atoms with Crippen molar-refractivity contribution in [3.8, 4) is 11.3 Å². The van der Waals surface area contributed by atoms with Crippen molar-refractivity contribution in [1.29, 1.82) is 0 Å². The third-order valence-electron chi connectivity index (χ3n) is 2.97. The van der Waals surface area contributed by atoms with Gasteiger partial charge in [-0.15, -0.1) is 0 Å². The summed E-state index contributed by atoms with van der Waals surface area (Å²) in [5.41, 5.74) is 3.29. The molecule has 0 atom stereocenters. The predicted molar refractivity (Wildman–Crippen MR) is 78.4 cm³/mol. The maximum atomic E-state index is 12.1. The van der Waals surface area contributed by atoms with Crippen LogP contribution in [0.15, 0.2) is 66.9 Å². The van der Waals surface area contributed by atoms with Gasteiger partial charge in [0.25, 0.3) is 5.91 Å². The van der Waals surface area contributed by atoms with Gasteiger partial charge in [-0.2, -0.15) is 5.10 Å². The summed E-state index contributed by atoms with van der Waals surface area (Å²) in [7, 11) is 0. The van der Waals surface area contributed by atoms with E-state index in [0.29, 0.717) is 5.56 Å². The van der Waals surface area contributed by atoms with Gasteiger partial charge in [0.15, 0.2) is 0 Å². The quantitative estimate of drug-likeness (QED) is 0.761. The van der Waals surface area contributed by atoms with E-state index in [0.717, 1.165) is 16.9 Å². The molecule has 0 aliphatic rings. The number of rotatable bonds is 3. The Balaban J connectivity index is 1.82. The van der Waals surface area contributed by atoms with Gasteiger partial charge in [0.1, 0.15) is 0 Å². The summed E-state index contributed by atoms with van der Waals surface area (Å²) in [6.45, 7) is 0. The molecule has 0 aliphatic heterocycles. The van der Waals surface area contributed by atoms with E-state index in [1.807, 2.05) is 48.5 Å². The van der Waals surface area contributed by atoms with Gasteiger partial charge in [-0.05, 0) is 30.3 Å². The van der Waals surface area contributed by atoms with Crippen molar-refractivity contribution in [2.45, 2.75) is 0 Å². The van der Waals surface area contributed by atoms with Gasteiger partial charge in [0.2, 0.25) is 0 Å². The molecule has 20 heavy (non-hydrogen) atoms. The van der Waals surface area contributed by atoms with Crippen LogP contribution in [0.25, 0.3) is 11.3 Å². The fraction of sp³-hybridized carbons (Fsp3) is 0. The van der Waals surface area contributed by atoms with Crippen LogP contribution in [0.1, 0.15) is 10.4 Å². The van der Waals surface area contributed by atoms with Gasteiger partial charge in [-0.25, -0.2) is 0 Å². The molecule has 0 bridgehead atoms. The fourth-order valence-corrected chi connectivity index (χ4v) is 1.97. The highest BCUT2D eigenvalue weighted by atomic mass is 16.1. The van der Waals surface area contributed by atoms with E-state index in [4.69, 9.17) is 0 Å². The molecule has 2 N–H and O–H groups in total. The van der Waals surface area contributed by atoms with Gasteiger partial charge in [0, 0.05) is 23.0 Å². The summed E-state index contributed by atoms with van der Waals surface area (Å²) in [5, 5.41) is 9.71. The Hall–Kier alpha value is -2.88. The Labute approximate surface area is 116 Å². The standard InChI is InChI=1S/C16H13N3O/c20-16(12-5-2-1-3-6-12)18-14-8-4-7-13(11-14)15-9-10-17-19-15/h1-11H,(H,17,19)(H,18,20). The lowest BCUT2D eigenvalue weighted by Gasteiger charge is -2.06. The molecule has 1 amide bonds. The summed E-state index contributed by atoms with van der Waals surface area (Å²) < 4.78 is 0. The Morgan fingerprint density at radius 1 is 1.00 bits per heavy atom. The average Bonchev–Trinajstić information content (AvgIpc) is 3.03. The molecular formula is C16H13N3O. The number of anilines is 1. The first kappa shape index (κ1) is 12.2. The number of amides is 1. The summed E-state index contributed by atoms with van der Waals surface area (Å²) in [6, 6.07) is 18.7. The van der Waals surface area contributed by atoms with Crippen LogP contribution in [-0.2, 0) is 0 Å². The molecular weight excluding hydrogens is 250 g/mol. The van der Waals surface area contributed by atoms with Crippen LogP contribution in [0.5, 0.6) is 0 Å². The number of benzene rings is 2. The third kappa shape index (κ3) is 2.59. The minimum atomic E-state index is -0.118. The lowest BCUT2D eigenvalue weighted by atomic mass is 10.1. The van der Waals surface area contributed by atoms with E-state index in [1.165, 1.54) is 0 Å². The van der Waals surface area contributed by atoms with Crippen LogP contribution in [0.2, 0.25) is 0 Å². The summed E-state index contributed by atoms with van der Waals surface area (Å²) in [6.07, 6.45) is 1.70. The van der Waals surface area contributed by atoms with Crippen LogP contribution in [-0.4, -0.2) is 16.1 Å². The topological polar surface area (TPSA) is 57.8 Å². The van der Waals surface area contributed by atoms with Crippen molar-refractivity contribution in [2.24, 2.45) is 0 Å². The van der Waals surface area contributed by atoms with E-state index >= 15 is 0 Å². The molecule has 4 nitrogen and oxygen atoms in total. The molecule has 3 rings (SSSR count). The second-order valence-corrected chi connectivity index (χ2v) is 4.37. The average molecular weight is 263 g/mol. The monoisotopic (exact) mass is 263 g/mol. The largest absolute Gasteiger partial charge is 0.322 e. The van der Waals surface area contributed by atoms with Gasteiger partial charge < -0.3 is 5.32 Å². The number of hydrogen-bond donors (Lipinski definition) is 2. The van der Waals surface area contributed by atoms with Crippen LogP contribution in [0.3, 0.4) is 0 Å². The van der Waals surface area contributed by atoms with Crippen molar-refractivity contribution < 1.29 is 4.79 Å². The number of nitrogens with one attached hydrogen (secondary N) is 2. The normalized spacial score (nSPS) is 10.2. The molecule has 0 saturated heterocycles. The number of nitrogens with zero attached hydrogens (tertiary/aromatic N) is 1. The molecule has 1 aromatic heterocycles. The number of carbonyl (C=O) groups is 1. The highest BCUT2D eigenvalue weighted by Gasteiger charge is 2.06. The van der Waals surface area contributed by atoms with Crippen LogP contribution in [0, 0.1) is 0 Å². The van der Waals surface area contributed by atoms with E-state index in [2.05, 4.69) is 15.5 Å². The molecule has 98 valence electrons. The van der Waals surface area contributed by atoms with Crippen LogP contribution in [0.4, 0.5) is 5.69 Å². The zero-order chi connectivity index (χ0) is 13.8. The van der Waals surface area contributed by atoms with Crippen LogP contribution < -0.4 is 5.32 Å².